The quantitative estimate of drug-likeness (QED) is 0.575. The Bertz CT molecular complexity index is 831. The molecule has 2 rings (SSSR count). The predicted octanol–water partition coefficient (Wildman–Crippen LogP) is 0.0645. The largest absolute Gasteiger partial charge is 0.338 e. The normalized spacial score (nSPS) is 16.0. The van der Waals surface area contributed by atoms with Crippen molar-refractivity contribution in [1.82, 2.24) is 14.9 Å². The number of piperazine rings is 1. The van der Waals surface area contributed by atoms with Crippen LogP contribution in [0, 0.1) is 19.8 Å². The molecule has 1 heterocycles. The summed E-state index contributed by atoms with van der Waals surface area (Å²) in [5, 5.41) is 5.01. The van der Waals surface area contributed by atoms with Crippen molar-refractivity contribution in [3.8, 4) is 0 Å². The van der Waals surface area contributed by atoms with E-state index in [2.05, 4.69) is 24.5 Å². The van der Waals surface area contributed by atoms with E-state index in [-0.39, 0.29) is 12.5 Å². The number of benzene rings is 1. The first kappa shape index (κ1) is 23.3. The van der Waals surface area contributed by atoms with Crippen molar-refractivity contribution in [3.63, 3.8) is 0 Å². The monoisotopic (exact) mass is 425 g/mol. The average molecular weight is 426 g/mol. The van der Waals surface area contributed by atoms with Gasteiger partial charge >= 0.3 is 6.03 Å². The third-order valence-corrected chi connectivity index (χ3v) is 7.11. The number of aryl methyl sites for hydroxylation is 2. The Hall–Kier alpha value is -1.97. The summed E-state index contributed by atoms with van der Waals surface area (Å²) in [7, 11) is -3.53. The Balaban J connectivity index is 1.81. The number of hydrogen-bond donors (Lipinski definition) is 3. The molecule has 0 atom stereocenters. The molecule has 3 amide bonds. The minimum atomic E-state index is -3.53. The summed E-state index contributed by atoms with van der Waals surface area (Å²) >= 11 is 0. The first-order valence-electron chi connectivity index (χ1n) is 10.1. The van der Waals surface area contributed by atoms with Crippen LogP contribution < -0.4 is 15.5 Å². The van der Waals surface area contributed by atoms with Crippen molar-refractivity contribution in [2.45, 2.75) is 39.0 Å². The van der Waals surface area contributed by atoms with Gasteiger partial charge < -0.3 is 10.2 Å². The zero-order valence-corrected chi connectivity index (χ0v) is 18.6. The number of nitrogens with zero attached hydrogens (tertiary/aromatic N) is 1. The van der Waals surface area contributed by atoms with E-state index in [9.17, 15) is 18.0 Å². The van der Waals surface area contributed by atoms with Gasteiger partial charge in [-0.15, -0.1) is 0 Å². The third kappa shape index (κ3) is 6.80. The molecule has 1 saturated heterocycles. The first-order valence-corrected chi connectivity index (χ1v) is 11.5. The van der Waals surface area contributed by atoms with Gasteiger partial charge in [-0.3, -0.25) is 10.1 Å². The Kier molecular flexibility index (Phi) is 8.18. The van der Waals surface area contributed by atoms with Crippen LogP contribution in [0.1, 0.15) is 31.4 Å². The molecular weight excluding hydrogens is 392 g/mol. The first-order chi connectivity index (χ1) is 13.6. The average Bonchev–Trinajstić information content (AvgIpc) is 2.63. The fourth-order valence-corrected chi connectivity index (χ4v) is 4.69. The lowest BCUT2D eigenvalue weighted by Gasteiger charge is -2.31. The molecule has 0 unspecified atom stereocenters. The van der Waals surface area contributed by atoms with Gasteiger partial charge in [0, 0.05) is 6.54 Å². The van der Waals surface area contributed by atoms with Crippen LogP contribution >= 0.6 is 0 Å². The molecule has 0 aromatic heterocycles. The van der Waals surface area contributed by atoms with E-state index in [1.807, 2.05) is 19.9 Å². The van der Waals surface area contributed by atoms with Crippen LogP contribution in [-0.2, 0) is 14.8 Å². The molecule has 1 aliphatic heterocycles. The van der Waals surface area contributed by atoms with E-state index in [4.69, 9.17) is 0 Å². The van der Waals surface area contributed by atoms with Crippen LogP contribution in [0.15, 0.2) is 23.1 Å². The highest BCUT2D eigenvalue weighted by molar-refractivity contribution is 7.89. The van der Waals surface area contributed by atoms with Gasteiger partial charge in [0.1, 0.15) is 0 Å². The summed E-state index contributed by atoms with van der Waals surface area (Å²) in [6.07, 6.45) is 0.851. The standard InChI is InChI=1S/C20H32N4O4S/c1-15(2)7-8-21-20(26)22-19(25)14-23-9-11-24(12-10-23)29(27,28)18-6-5-16(3)17(4)13-18/h5-6,13,15H,7-12,14H2,1-4H3,(H2,21,22,25,26)/p+1. The fraction of sp³-hybridized carbons (Fsp3) is 0.600. The molecule has 0 spiro atoms. The number of quaternary nitrogens is 1. The van der Waals surface area contributed by atoms with Crippen LogP contribution in [0.3, 0.4) is 0 Å². The molecule has 3 N–H and O–H groups in total. The van der Waals surface area contributed by atoms with E-state index < -0.39 is 16.1 Å². The van der Waals surface area contributed by atoms with Crippen LogP contribution in [0.4, 0.5) is 4.79 Å². The Morgan fingerprint density at radius 1 is 1.14 bits per heavy atom. The van der Waals surface area contributed by atoms with Crippen molar-refractivity contribution in [1.29, 1.82) is 0 Å². The van der Waals surface area contributed by atoms with Crippen molar-refractivity contribution < 1.29 is 22.9 Å². The molecular formula is C20H33N4O4S+. The van der Waals surface area contributed by atoms with Crippen LogP contribution in [0.2, 0.25) is 0 Å². The maximum absolute atomic E-state index is 12.9. The van der Waals surface area contributed by atoms with Crippen LogP contribution in [-0.4, -0.2) is 63.9 Å². The van der Waals surface area contributed by atoms with Gasteiger partial charge in [-0.05, 0) is 49.4 Å². The lowest BCUT2D eigenvalue weighted by Crippen LogP contribution is -3.15. The molecule has 9 heteroatoms. The zero-order valence-electron chi connectivity index (χ0n) is 17.7. The lowest BCUT2D eigenvalue weighted by molar-refractivity contribution is -0.895. The number of hydrogen-bond acceptors (Lipinski definition) is 4. The van der Waals surface area contributed by atoms with Crippen molar-refractivity contribution in [2.75, 3.05) is 39.3 Å². The number of carbonyl (C=O) groups is 2. The molecule has 0 saturated carbocycles. The van der Waals surface area contributed by atoms with E-state index >= 15 is 0 Å². The molecule has 0 radical (unpaired) electrons. The summed E-state index contributed by atoms with van der Waals surface area (Å²) < 4.78 is 27.2. The molecule has 0 aliphatic carbocycles. The second-order valence-electron chi connectivity index (χ2n) is 8.06. The lowest BCUT2D eigenvalue weighted by atomic mass is 10.1. The molecule has 29 heavy (non-hydrogen) atoms. The fourth-order valence-electron chi connectivity index (χ4n) is 3.16. The molecule has 162 valence electrons. The van der Waals surface area contributed by atoms with Gasteiger partial charge in [0.2, 0.25) is 10.0 Å². The molecule has 8 nitrogen and oxygen atoms in total. The zero-order chi connectivity index (χ0) is 21.6. The van der Waals surface area contributed by atoms with Gasteiger partial charge in [0.05, 0.1) is 31.1 Å². The Morgan fingerprint density at radius 2 is 1.79 bits per heavy atom. The number of imide groups is 1. The van der Waals surface area contributed by atoms with Crippen molar-refractivity contribution in [3.05, 3.63) is 29.3 Å². The van der Waals surface area contributed by atoms with Gasteiger partial charge in [-0.1, -0.05) is 19.9 Å². The summed E-state index contributed by atoms with van der Waals surface area (Å²) in [6.45, 7) is 10.4. The summed E-state index contributed by atoms with van der Waals surface area (Å²) in [6, 6.07) is 4.68. The van der Waals surface area contributed by atoms with Gasteiger partial charge in [-0.2, -0.15) is 4.31 Å². The van der Waals surface area contributed by atoms with Crippen molar-refractivity contribution >= 4 is 22.0 Å². The van der Waals surface area contributed by atoms with E-state index in [1.54, 1.807) is 12.1 Å². The van der Waals surface area contributed by atoms with Gasteiger partial charge in [-0.25, -0.2) is 13.2 Å². The molecule has 1 fully saturated rings. The number of urea groups is 1. The van der Waals surface area contributed by atoms with Gasteiger partial charge in [0.25, 0.3) is 5.91 Å². The van der Waals surface area contributed by atoms with Gasteiger partial charge in [0.15, 0.2) is 6.54 Å². The molecule has 1 aliphatic rings. The second-order valence-corrected chi connectivity index (χ2v) is 10.0. The topological polar surface area (TPSA) is 100 Å². The summed E-state index contributed by atoms with van der Waals surface area (Å²) in [5.74, 6) is 0.124. The Labute approximate surface area is 173 Å². The maximum Gasteiger partial charge on any atom is 0.321 e. The number of amides is 3. The Morgan fingerprint density at radius 3 is 2.38 bits per heavy atom. The molecule has 1 aromatic rings. The second kappa shape index (κ2) is 10.2. The number of nitrogens with one attached hydrogen (secondary N) is 3. The number of carbonyl (C=O) groups excluding carboxylic acids is 2. The highest BCUT2D eigenvalue weighted by Gasteiger charge is 2.31. The predicted molar refractivity (Wildman–Crippen MR) is 111 cm³/mol. The highest BCUT2D eigenvalue weighted by atomic mass is 32.2. The minimum Gasteiger partial charge on any atom is -0.338 e. The van der Waals surface area contributed by atoms with E-state index in [0.29, 0.717) is 43.5 Å². The summed E-state index contributed by atoms with van der Waals surface area (Å²) in [5.41, 5.74) is 2.00. The number of rotatable bonds is 7. The number of sulfonamides is 1. The van der Waals surface area contributed by atoms with Crippen LogP contribution in [0.25, 0.3) is 0 Å². The van der Waals surface area contributed by atoms with Crippen molar-refractivity contribution in [2.24, 2.45) is 5.92 Å². The smallest absolute Gasteiger partial charge is 0.321 e. The summed E-state index contributed by atoms with van der Waals surface area (Å²) in [4.78, 5) is 25.1. The van der Waals surface area contributed by atoms with Crippen LogP contribution in [0.5, 0.6) is 0 Å². The molecule has 0 bridgehead atoms. The third-order valence-electron chi connectivity index (χ3n) is 5.22. The SMILES string of the molecule is Cc1ccc(S(=O)(=O)N2CC[NH+](CC(=O)NC(=O)NCCC(C)C)CC2)cc1C. The maximum atomic E-state index is 12.9. The minimum absolute atomic E-state index is 0.148. The van der Waals surface area contributed by atoms with E-state index in [1.165, 1.54) is 4.31 Å². The van der Waals surface area contributed by atoms with E-state index in [0.717, 1.165) is 22.4 Å². The highest BCUT2D eigenvalue weighted by Crippen LogP contribution is 2.19. The molecule has 1 aromatic carbocycles.